The number of hydrogen-bond donors (Lipinski definition) is 1. The van der Waals surface area contributed by atoms with Crippen LogP contribution in [0.4, 0.5) is 0 Å². The van der Waals surface area contributed by atoms with E-state index in [2.05, 4.69) is 34.1 Å². The molecule has 1 atom stereocenters. The van der Waals surface area contributed by atoms with Crippen molar-refractivity contribution in [2.75, 3.05) is 66.1 Å². The number of rotatable bonds is 9. The van der Waals surface area contributed by atoms with Crippen LogP contribution in [0.1, 0.15) is 34.3 Å². The van der Waals surface area contributed by atoms with E-state index >= 15 is 0 Å². The Kier molecular flexibility index (Phi) is 8.61. The number of carbonyl (C=O) groups excluding carboxylic acids is 1. The molecule has 2 aromatic rings. The quantitative estimate of drug-likeness (QED) is 0.557. The van der Waals surface area contributed by atoms with E-state index in [1.54, 1.807) is 18.1 Å². The zero-order chi connectivity index (χ0) is 25.6. The summed E-state index contributed by atoms with van der Waals surface area (Å²) in [6.45, 7) is 7.13. The maximum Gasteiger partial charge on any atom is 0.257 e. The molecule has 0 bridgehead atoms. The van der Waals surface area contributed by atoms with Gasteiger partial charge in [-0.05, 0) is 42.5 Å². The first-order valence-electron chi connectivity index (χ1n) is 13.5. The monoisotopic (exact) mass is 509 g/mol. The summed E-state index contributed by atoms with van der Waals surface area (Å²) in [7, 11) is 1.73. The number of nitrogens with zero attached hydrogens (tertiary/aromatic N) is 3. The number of hydrogen-bond acceptors (Lipinski definition) is 7. The number of amides is 1. The number of methoxy groups -OCH3 is 1. The van der Waals surface area contributed by atoms with Gasteiger partial charge in [0.2, 0.25) is 0 Å². The summed E-state index contributed by atoms with van der Waals surface area (Å²) in [6.07, 6.45) is 2.47. The Balaban J connectivity index is 1.14. The van der Waals surface area contributed by atoms with Crippen LogP contribution in [0.15, 0.2) is 42.5 Å². The van der Waals surface area contributed by atoms with Crippen molar-refractivity contribution in [1.29, 1.82) is 0 Å². The standard InChI is InChI=1S/C29H39N3O5/c1-35-16-14-30-12-9-25(10-13-30)37-26-6-7-27-28(18-26)36-17-15-32(29(27)34)21-24(33)20-31-11-8-22-4-2-3-5-23(22)19-31/h2-7,18,24-25,33H,8-17,19-21H2,1H3. The van der Waals surface area contributed by atoms with Crippen molar-refractivity contribution in [3.8, 4) is 11.5 Å². The van der Waals surface area contributed by atoms with Crippen molar-refractivity contribution in [1.82, 2.24) is 14.7 Å². The van der Waals surface area contributed by atoms with E-state index in [0.717, 1.165) is 64.3 Å². The minimum absolute atomic E-state index is 0.103. The molecule has 8 heteroatoms. The molecule has 1 unspecified atom stereocenters. The SMILES string of the molecule is COCCN1CCC(Oc2ccc3c(c2)OCCN(CC(O)CN2CCc4ccccc4C2)C3=O)CC1. The average molecular weight is 510 g/mol. The number of piperidine rings is 1. The van der Waals surface area contributed by atoms with Gasteiger partial charge in [-0.2, -0.15) is 0 Å². The van der Waals surface area contributed by atoms with E-state index in [0.29, 0.717) is 37.6 Å². The Morgan fingerprint density at radius 2 is 1.84 bits per heavy atom. The summed E-state index contributed by atoms with van der Waals surface area (Å²) in [5, 5.41) is 10.8. The predicted molar refractivity (Wildman–Crippen MR) is 141 cm³/mol. The van der Waals surface area contributed by atoms with Crippen LogP contribution in [0, 0.1) is 0 Å². The van der Waals surface area contributed by atoms with Crippen LogP contribution in [0.5, 0.6) is 11.5 Å². The molecule has 1 saturated heterocycles. The van der Waals surface area contributed by atoms with Crippen LogP contribution >= 0.6 is 0 Å². The minimum Gasteiger partial charge on any atom is -0.491 e. The van der Waals surface area contributed by atoms with E-state index in [1.807, 2.05) is 12.1 Å². The number of fused-ring (bicyclic) bond motifs is 2. The van der Waals surface area contributed by atoms with Crippen LogP contribution in [0.25, 0.3) is 0 Å². The molecule has 37 heavy (non-hydrogen) atoms. The molecule has 0 saturated carbocycles. The molecule has 3 aliphatic rings. The zero-order valence-electron chi connectivity index (χ0n) is 21.8. The molecule has 0 aromatic heterocycles. The molecule has 8 nitrogen and oxygen atoms in total. The van der Waals surface area contributed by atoms with Crippen LogP contribution in [-0.4, -0.2) is 104 Å². The third kappa shape index (κ3) is 6.62. The highest BCUT2D eigenvalue weighted by atomic mass is 16.5. The highest BCUT2D eigenvalue weighted by Gasteiger charge is 2.28. The second kappa shape index (κ2) is 12.3. The van der Waals surface area contributed by atoms with E-state index < -0.39 is 6.10 Å². The molecule has 3 heterocycles. The Bertz CT molecular complexity index is 1060. The van der Waals surface area contributed by atoms with E-state index in [-0.39, 0.29) is 12.0 Å². The fraction of sp³-hybridized carbons (Fsp3) is 0.552. The van der Waals surface area contributed by atoms with Crippen molar-refractivity contribution in [2.24, 2.45) is 0 Å². The smallest absolute Gasteiger partial charge is 0.257 e. The lowest BCUT2D eigenvalue weighted by Gasteiger charge is -2.32. The van der Waals surface area contributed by atoms with Crippen LogP contribution in [0.3, 0.4) is 0 Å². The van der Waals surface area contributed by atoms with Gasteiger partial charge in [-0.3, -0.25) is 9.69 Å². The van der Waals surface area contributed by atoms with E-state index in [1.165, 1.54) is 11.1 Å². The maximum atomic E-state index is 13.3. The third-order valence-corrected chi connectivity index (χ3v) is 7.65. The zero-order valence-corrected chi connectivity index (χ0v) is 21.8. The van der Waals surface area contributed by atoms with Gasteiger partial charge in [0.25, 0.3) is 5.91 Å². The van der Waals surface area contributed by atoms with Crippen molar-refractivity contribution in [3.05, 3.63) is 59.2 Å². The molecule has 1 fully saturated rings. The van der Waals surface area contributed by atoms with Gasteiger partial charge in [-0.1, -0.05) is 24.3 Å². The molecule has 3 aliphatic heterocycles. The Morgan fingerprint density at radius 1 is 1.03 bits per heavy atom. The molecular formula is C29H39N3O5. The van der Waals surface area contributed by atoms with Crippen molar-refractivity contribution in [2.45, 2.75) is 38.0 Å². The Hall–Kier alpha value is -2.65. The summed E-state index contributed by atoms with van der Waals surface area (Å²) in [5.74, 6) is 1.19. The van der Waals surface area contributed by atoms with Crippen LogP contribution < -0.4 is 9.47 Å². The van der Waals surface area contributed by atoms with Crippen molar-refractivity contribution >= 4 is 5.91 Å². The number of likely N-dealkylation sites (tertiary alicyclic amines) is 1. The minimum atomic E-state index is -0.617. The fourth-order valence-corrected chi connectivity index (χ4v) is 5.57. The van der Waals surface area contributed by atoms with Crippen molar-refractivity contribution in [3.63, 3.8) is 0 Å². The molecule has 2 aromatic carbocycles. The largest absolute Gasteiger partial charge is 0.491 e. The molecule has 1 N–H and O–H groups in total. The number of ether oxygens (including phenoxy) is 3. The van der Waals surface area contributed by atoms with Gasteiger partial charge >= 0.3 is 0 Å². The Morgan fingerprint density at radius 3 is 2.65 bits per heavy atom. The summed E-state index contributed by atoms with van der Waals surface area (Å²) in [6, 6.07) is 14.0. The average Bonchev–Trinajstić information content (AvgIpc) is 3.06. The molecule has 1 amide bonds. The van der Waals surface area contributed by atoms with Gasteiger partial charge < -0.3 is 29.1 Å². The lowest BCUT2D eigenvalue weighted by atomic mass is 10.00. The number of benzene rings is 2. The normalized spacial score (nSPS) is 20.1. The first-order chi connectivity index (χ1) is 18.1. The lowest BCUT2D eigenvalue weighted by molar-refractivity contribution is 0.0501. The summed E-state index contributed by atoms with van der Waals surface area (Å²) in [5.41, 5.74) is 3.24. The highest BCUT2D eigenvalue weighted by molar-refractivity contribution is 5.97. The van der Waals surface area contributed by atoms with Crippen LogP contribution in [0.2, 0.25) is 0 Å². The van der Waals surface area contributed by atoms with Crippen molar-refractivity contribution < 1.29 is 24.1 Å². The van der Waals surface area contributed by atoms with Gasteiger partial charge in [0.15, 0.2) is 0 Å². The van der Waals surface area contributed by atoms with Gasteiger partial charge in [0, 0.05) is 59.0 Å². The predicted octanol–water partition coefficient (Wildman–Crippen LogP) is 2.43. The molecule has 0 radical (unpaired) electrons. The number of aliphatic hydroxyl groups is 1. The number of aliphatic hydroxyl groups excluding tert-OH is 1. The first kappa shape index (κ1) is 26.0. The van der Waals surface area contributed by atoms with E-state index in [9.17, 15) is 9.90 Å². The second-order valence-corrected chi connectivity index (χ2v) is 10.3. The first-order valence-corrected chi connectivity index (χ1v) is 13.5. The third-order valence-electron chi connectivity index (χ3n) is 7.65. The molecule has 5 rings (SSSR count). The topological polar surface area (TPSA) is 74.7 Å². The van der Waals surface area contributed by atoms with Gasteiger partial charge in [0.1, 0.15) is 24.2 Å². The Labute approximate surface area is 219 Å². The number of β-amino-alcohol motifs (C(OH)–C–C–N with tert-alkyl or cyclic N) is 1. The fourth-order valence-electron chi connectivity index (χ4n) is 5.57. The summed E-state index contributed by atoms with van der Waals surface area (Å²) >= 11 is 0. The molecule has 0 spiro atoms. The summed E-state index contributed by atoms with van der Waals surface area (Å²) in [4.78, 5) is 19.7. The molecule has 0 aliphatic carbocycles. The van der Waals surface area contributed by atoms with Crippen LogP contribution in [-0.2, 0) is 17.7 Å². The van der Waals surface area contributed by atoms with Gasteiger partial charge in [0.05, 0.1) is 24.8 Å². The van der Waals surface area contributed by atoms with Gasteiger partial charge in [-0.15, -0.1) is 0 Å². The highest BCUT2D eigenvalue weighted by Crippen LogP contribution is 2.30. The van der Waals surface area contributed by atoms with E-state index in [4.69, 9.17) is 14.2 Å². The molecule has 200 valence electrons. The van der Waals surface area contributed by atoms with Gasteiger partial charge in [-0.25, -0.2) is 0 Å². The second-order valence-electron chi connectivity index (χ2n) is 10.3. The summed E-state index contributed by atoms with van der Waals surface area (Å²) < 4.78 is 17.4. The maximum absolute atomic E-state index is 13.3. The number of carbonyl (C=O) groups is 1. The molecular weight excluding hydrogens is 470 g/mol. The lowest BCUT2D eigenvalue weighted by Crippen LogP contribution is -2.44.